The minimum atomic E-state index is -0.983. The third kappa shape index (κ3) is 5.63. The van der Waals surface area contributed by atoms with Gasteiger partial charge in [-0.1, -0.05) is 48.5 Å². The largest absolute Gasteiger partial charge is 0.481 e. The molecule has 3 rings (SSSR count). The maximum Gasteiger partial charge on any atom is 0.407 e. The van der Waals surface area contributed by atoms with Crippen molar-refractivity contribution in [2.24, 2.45) is 0 Å². The van der Waals surface area contributed by atoms with Crippen LogP contribution in [0.1, 0.15) is 50.7 Å². The first-order valence-electron chi connectivity index (χ1n) is 10.3. The van der Waals surface area contributed by atoms with Gasteiger partial charge in [-0.2, -0.15) is 0 Å². The Morgan fingerprint density at radius 3 is 2.13 bits per heavy atom. The maximum atomic E-state index is 12.4. The monoisotopic (exact) mass is 424 g/mol. The zero-order chi connectivity index (χ0) is 22.6. The lowest BCUT2D eigenvalue weighted by Crippen LogP contribution is -2.48. The van der Waals surface area contributed by atoms with Crippen LogP contribution in [0, 0.1) is 0 Å². The van der Waals surface area contributed by atoms with Crippen molar-refractivity contribution in [3.05, 3.63) is 59.7 Å². The van der Waals surface area contributed by atoms with Gasteiger partial charge in [0.25, 0.3) is 0 Å². The van der Waals surface area contributed by atoms with Gasteiger partial charge in [0.2, 0.25) is 5.91 Å². The number of carbonyl (C=O) groups excluding carboxylic acids is 2. The number of nitrogens with one attached hydrogen (secondary N) is 2. The van der Waals surface area contributed by atoms with Gasteiger partial charge in [0.15, 0.2) is 0 Å². The van der Waals surface area contributed by atoms with Gasteiger partial charge < -0.3 is 20.5 Å². The number of carboxylic acid groups (broad SMARTS) is 1. The minimum absolute atomic E-state index is 0.00115. The van der Waals surface area contributed by atoms with Crippen LogP contribution in [0.5, 0.6) is 0 Å². The Bertz CT molecular complexity index is 940. The van der Waals surface area contributed by atoms with Gasteiger partial charge in [-0.25, -0.2) is 4.79 Å². The molecule has 1 aliphatic rings. The number of alkyl carbamates (subject to hydrolysis) is 1. The van der Waals surface area contributed by atoms with Crippen molar-refractivity contribution in [3.8, 4) is 11.1 Å². The number of fused-ring (bicyclic) bond motifs is 3. The van der Waals surface area contributed by atoms with Gasteiger partial charge in [-0.05, 0) is 43.0 Å². The molecule has 0 saturated carbocycles. The molecule has 0 aliphatic heterocycles. The molecule has 31 heavy (non-hydrogen) atoms. The van der Waals surface area contributed by atoms with Gasteiger partial charge in [0.05, 0.1) is 6.42 Å². The number of amides is 2. The summed E-state index contributed by atoms with van der Waals surface area (Å²) in [5, 5.41) is 14.2. The molecule has 1 unspecified atom stereocenters. The number of carboxylic acids is 1. The molecule has 0 saturated heterocycles. The predicted molar refractivity (Wildman–Crippen MR) is 117 cm³/mol. The van der Waals surface area contributed by atoms with Crippen LogP contribution in [0.2, 0.25) is 0 Å². The Hall–Kier alpha value is -3.35. The average Bonchev–Trinajstić information content (AvgIpc) is 2.98. The van der Waals surface area contributed by atoms with E-state index in [0.717, 1.165) is 22.3 Å². The summed E-state index contributed by atoms with van der Waals surface area (Å²) in [5.41, 5.74) is 3.71. The van der Waals surface area contributed by atoms with E-state index in [1.807, 2.05) is 36.4 Å². The lowest BCUT2D eigenvalue weighted by molar-refractivity contribution is -0.137. The molecule has 0 aromatic heterocycles. The van der Waals surface area contributed by atoms with Crippen LogP contribution in [0.25, 0.3) is 11.1 Å². The molecule has 7 heteroatoms. The second-order valence-electron chi connectivity index (χ2n) is 8.58. The summed E-state index contributed by atoms with van der Waals surface area (Å²) in [6, 6.07) is 15.7. The molecular formula is C24H28N2O5. The normalized spacial score (nSPS) is 13.6. The van der Waals surface area contributed by atoms with Crippen LogP contribution in [0.4, 0.5) is 4.79 Å². The van der Waals surface area contributed by atoms with Crippen molar-refractivity contribution in [1.29, 1.82) is 0 Å². The molecule has 1 aliphatic carbocycles. The van der Waals surface area contributed by atoms with Gasteiger partial charge in [0, 0.05) is 23.9 Å². The molecule has 1 atom stereocenters. The molecule has 0 bridgehead atoms. The van der Waals surface area contributed by atoms with Crippen LogP contribution in [0.3, 0.4) is 0 Å². The number of aliphatic carboxylic acids is 1. The number of hydrogen-bond acceptors (Lipinski definition) is 4. The fraction of sp³-hybridized carbons (Fsp3) is 0.375. The van der Waals surface area contributed by atoms with Crippen LogP contribution in [0.15, 0.2) is 48.5 Å². The number of hydrogen-bond donors (Lipinski definition) is 3. The molecule has 2 aromatic carbocycles. The highest BCUT2D eigenvalue weighted by molar-refractivity contribution is 5.80. The summed E-state index contributed by atoms with van der Waals surface area (Å²) < 4.78 is 5.53. The summed E-state index contributed by atoms with van der Waals surface area (Å²) >= 11 is 0. The smallest absolute Gasteiger partial charge is 0.407 e. The van der Waals surface area contributed by atoms with E-state index in [0.29, 0.717) is 0 Å². The predicted octanol–water partition coefficient (Wildman–Crippen LogP) is 3.67. The van der Waals surface area contributed by atoms with Gasteiger partial charge >= 0.3 is 12.1 Å². The summed E-state index contributed by atoms with van der Waals surface area (Å²) in [6.07, 6.45) is -0.758. The molecule has 3 N–H and O–H groups in total. The molecule has 0 spiro atoms. The first-order valence-corrected chi connectivity index (χ1v) is 10.3. The molecule has 0 radical (unpaired) electrons. The van der Waals surface area contributed by atoms with Crippen molar-refractivity contribution >= 4 is 18.0 Å². The molecule has 0 heterocycles. The highest BCUT2D eigenvalue weighted by Crippen LogP contribution is 2.44. The quantitative estimate of drug-likeness (QED) is 0.600. The molecule has 0 fully saturated rings. The minimum Gasteiger partial charge on any atom is -0.481 e. The van der Waals surface area contributed by atoms with Crippen molar-refractivity contribution in [3.63, 3.8) is 0 Å². The lowest BCUT2D eigenvalue weighted by atomic mass is 9.98. The highest BCUT2D eigenvalue weighted by Gasteiger charge is 2.30. The first kappa shape index (κ1) is 22.3. The van der Waals surface area contributed by atoms with Crippen molar-refractivity contribution in [1.82, 2.24) is 10.6 Å². The second-order valence-corrected chi connectivity index (χ2v) is 8.58. The van der Waals surface area contributed by atoms with Gasteiger partial charge in [-0.15, -0.1) is 0 Å². The van der Waals surface area contributed by atoms with Gasteiger partial charge in [0.1, 0.15) is 6.61 Å². The van der Waals surface area contributed by atoms with E-state index in [1.54, 1.807) is 20.8 Å². The SMILES string of the molecule is CC(CC(=O)O)NC(=O)CC(C)(C)NC(=O)OCC1c2ccccc2-c2ccccc21. The Morgan fingerprint density at radius 1 is 1.03 bits per heavy atom. The summed E-state index contributed by atoms with van der Waals surface area (Å²) in [7, 11) is 0. The van der Waals surface area contributed by atoms with Crippen LogP contribution in [-0.2, 0) is 14.3 Å². The zero-order valence-corrected chi connectivity index (χ0v) is 18.0. The second kappa shape index (κ2) is 9.20. The first-order chi connectivity index (χ1) is 14.7. The Labute approximate surface area is 181 Å². The van der Waals surface area contributed by atoms with Crippen LogP contribution < -0.4 is 10.6 Å². The van der Waals surface area contributed by atoms with E-state index < -0.39 is 23.6 Å². The van der Waals surface area contributed by atoms with Crippen LogP contribution >= 0.6 is 0 Å². The van der Waals surface area contributed by atoms with E-state index >= 15 is 0 Å². The number of carbonyl (C=O) groups is 3. The van der Waals surface area contributed by atoms with Crippen molar-refractivity contribution < 1.29 is 24.2 Å². The molecular weight excluding hydrogens is 396 g/mol. The van der Waals surface area contributed by atoms with E-state index in [2.05, 4.69) is 22.8 Å². The van der Waals surface area contributed by atoms with E-state index in [1.165, 1.54) is 0 Å². The van der Waals surface area contributed by atoms with Crippen molar-refractivity contribution in [2.45, 2.75) is 51.1 Å². The fourth-order valence-corrected chi connectivity index (χ4v) is 4.00. The Morgan fingerprint density at radius 2 is 1.58 bits per heavy atom. The third-order valence-electron chi connectivity index (χ3n) is 5.27. The number of rotatable bonds is 8. The lowest BCUT2D eigenvalue weighted by Gasteiger charge is -2.26. The highest BCUT2D eigenvalue weighted by atomic mass is 16.5. The third-order valence-corrected chi connectivity index (χ3v) is 5.27. The van der Waals surface area contributed by atoms with Crippen molar-refractivity contribution in [2.75, 3.05) is 6.61 Å². The Balaban J connectivity index is 1.56. The van der Waals surface area contributed by atoms with Crippen LogP contribution in [-0.4, -0.2) is 41.3 Å². The summed E-state index contributed by atoms with van der Waals surface area (Å²) in [5.74, 6) is -1.36. The van der Waals surface area contributed by atoms with E-state index in [-0.39, 0.29) is 31.3 Å². The fourth-order valence-electron chi connectivity index (χ4n) is 4.00. The average molecular weight is 424 g/mol. The topological polar surface area (TPSA) is 105 Å². The molecule has 7 nitrogen and oxygen atoms in total. The van der Waals surface area contributed by atoms with E-state index in [9.17, 15) is 14.4 Å². The molecule has 2 amide bonds. The Kier molecular flexibility index (Phi) is 6.63. The molecule has 164 valence electrons. The maximum absolute atomic E-state index is 12.4. The number of benzene rings is 2. The standard InChI is InChI=1S/C24H28N2O5/c1-15(12-22(28)29)25-21(27)13-24(2,3)26-23(30)31-14-20-18-10-6-4-8-16(18)17-9-5-7-11-19(17)20/h4-11,15,20H,12-14H2,1-3H3,(H,25,27)(H,26,30)(H,28,29). The number of ether oxygens (including phenoxy) is 1. The zero-order valence-electron chi connectivity index (χ0n) is 18.0. The van der Waals surface area contributed by atoms with E-state index in [4.69, 9.17) is 9.84 Å². The molecule has 2 aromatic rings. The summed E-state index contributed by atoms with van der Waals surface area (Å²) in [4.78, 5) is 35.4. The summed E-state index contributed by atoms with van der Waals surface area (Å²) in [6.45, 7) is 5.25. The van der Waals surface area contributed by atoms with Gasteiger partial charge in [-0.3, -0.25) is 9.59 Å².